The first-order chi connectivity index (χ1) is 14.1. The van der Waals surface area contributed by atoms with Gasteiger partial charge in [-0.15, -0.1) is 0 Å². The Bertz CT molecular complexity index is 1010. The van der Waals surface area contributed by atoms with Crippen molar-refractivity contribution in [1.29, 1.82) is 0 Å². The molecule has 0 aliphatic carbocycles. The second kappa shape index (κ2) is 8.87. The molecule has 4 rings (SSSR count). The van der Waals surface area contributed by atoms with E-state index in [0.717, 1.165) is 52.3 Å². The van der Waals surface area contributed by atoms with Gasteiger partial charge in [0.2, 0.25) is 5.91 Å². The van der Waals surface area contributed by atoms with Crippen LogP contribution < -0.4 is 4.74 Å². The first kappa shape index (κ1) is 19.8. The van der Waals surface area contributed by atoms with Crippen molar-refractivity contribution in [2.45, 2.75) is 24.8 Å². The summed E-state index contributed by atoms with van der Waals surface area (Å²) in [7, 11) is 1.66. The van der Waals surface area contributed by atoms with Crippen LogP contribution in [0.3, 0.4) is 0 Å². The Labute approximate surface area is 176 Å². The van der Waals surface area contributed by atoms with Crippen LogP contribution in [0.15, 0.2) is 59.6 Å². The van der Waals surface area contributed by atoms with Gasteiger partial charge in [0, 0.05) is 24.5 Å². The molecule has 0 saturated carbocycles. The van der Waals surface area contributed by atoms with Gasteiger partial charge in [0.15, 0.2) is 0 Å². The smallest absolute Gasteiger partial charge is 0.232 e. The van der Waals surface area contributed by atoms with Crippen molar-refractivity contribution >= 4 is 28.6 Å². The van der Waals surface area contributed by atoms with Crippen molar-refractivity contribution in [1.82, 2.24) is 9.88 Å². The monoisotopic (exact) mass is 406 g/mol. The highest BCUT2D eigenvalue weighted by Crippen LogP contribution is 2.33. The number of aromatic nitrogens is 1. The fourth-order valence-corrected chi connectivity index (χ4v) is 4.70. The van der Waals surface area contributed by atoms with Crippen LogP contribution in [0.4, 0.5) is 0 Å². The summed E-state index contributed by atoms with van der Waals surface area (Å²) in [5.74, 6) is 2.00. The molecule has 0 radical (unpaired) electrons. The number of hydrogen-bond acceptors (Lipinski definition) is 4. The molecule has 1 saturated heterocycles. The molecule has 1 atom stereocenters. The molecule has 2 heterocycles. The zero-order valence-corrected chi connectivity index (χ0v) is 17.7. The van der Waals surface area contributed by atoms with Crippen LogP contribution in [0.5, 0.6) is 5.75 Å². The summed E-state index contributed by atoms with van der Waals surface area (Å²) in [6.45, 7) is 3.97. The van der Waals surface area contributed by atoms with Crippen LogP contribution in [0.1, 0.15) is 19.8 Å². The van der Waals surface area contributed by atoms with Gasteiger partial charge in [-0.25, -0.2) is 4.98 Å². The number of ether oxygens (including phenoxy) is 1. The van der Waals surface area contributed by atoms with Crippen molar-refractivity contribution in [3.63, 3.8) is 0 Å². The molecule has 0 bridgehead atoms. The van der Waals surface area contributed by atoms with E-state index in [2.05, 4.69) is 31.2 Å². The number of likely N-dealkylation sites (tertiary alicyclic amines) is 1. The Balaban J connectivity index is 1.62. The van der Waals surface area contributed by atoms with Gasteiger partial charge in [-0.1, -0.05) is 49.0 Å². The second-order valence-electron chi connectivity index (χ2n) is 7.63. The number of fused-ring (bicyclic) bond motifs is 1. The number of carbonyl (C=O) groups excluding carboxylic acids is 1. The van der Waals surface area contributed by atoms with Crippen LogP contribution in [0, 0.1) is 5.92 Å². The molecular formula is C24H26N2O2S. The molecule has 0 unspecified atom stereocenters. The van der Waals surface area contributed by atoms with E-state index in [1.54, 1.807) is 7.11 Å². The average Bonchev–Trinajstić information content (AvgIpc) is 2.77. The number of amides is 1. The maximum atomic E-state index is 12.7. The predicted molar refractivity (Wildman–Crippen MR) is 119 cm³/mol. The van der Waals surface area contributed by atoms with Gasteiger partial charge in [-0.3, -0.25) is 4.79 Å². The molecule has 1 amide bonds. The Morgan fingerprint density at radius 2 is 2.03 bits per heavy atom. The highest BCUT2D eigenvalue weighted by molar-refractivity contribution is 7.99. The molecule has 4 nitrogen and oxygen atoms in total. The number of rotatable bonds is 5. The van der Waals surface area contributed by atoms with Crippen LogP contribution in [-0.2, 0) is 4.79 Å². The number of piperidine rings is 1. The predicted octanol–water partition coefficient (Wildman–Crippen LogP) is 5.26. The quantitative estimate of drug-likeness (QED) is 0.542. The Hall–Kier alpha value is -2.53. The lowest BCUT2D eigenvalue weighted by molar-refractivity contribution is -0.130. The van der Waals surface area contributed by atoms with Crippen LogP contribution in [-0.4, -0.2) is 41.7 Å². The average molecular weight is 407 g/mol. The minimum atomic E-state index is 0.204. The molecular weight excluding hydrogens is 380 g/mol. The Morgan fingerprint density at radius 1 is 1.21 bits per heavy atom. The fraction of sp³-hybridized carbons (Fsp3) is 0.333. The highest BCUT2D eigenvalue weighted by atomic mass is 32.2. The lowest BCUT2D eigenvalue weighted by atomic mass is 10.0. The van der Waals surface area contributed by atoms with Gasteiger partial charge in [0.25, 0.3) is 0 Å². The molecule has 3 aromatic rings. The van der Waals surface area contributed by atoms with Crippen LogP contribution in [0.25, 0.3) is 22.0 Å². The van der Waals surface area contributed by atoms with Gasteiger partial charge in [-0.2, -0.15) is 0 Å². The molecule has 1 aliphatic heterocycles. The van der Waals surface area contributed by atoms with Crippen molar-refractivity contribution in [2.24, 2.45) is 5.92 Å². The zero-order chi connectivity index (χ0) is 20.2. The molecule has 0 N–H and O–H groups in total. The minimum Gasteiger partial charge on any atom is -0.497 e. The number of benzene rings is 2. The molecule has 2 aromatic carbocycles. The van der Waals surface area contributed by atoms with Crippen LogP contribution in [0.2, 0.25) is 0 Å². The third kappa shape index (κ3) is 4.56. The van der Waals surface area contributed by atoms with Crippen molar-refractivity contribution in [3.8, 4) is 16.9 Å². The molecule has 29 heavy (non-hydrogen) atoms. The molecule has 0 spiro atoms. The largest absolute Gasteiger partial charge is 0.497 e. The first-order valence-electron chi connectivity index (χ1n) is 10.1. The third-order valence-corrected chi connectivity index (χ3v) is 6.33. The second-order valence-corrected chi connectivity index (χ2v) is 8.63. The molecule has 1 aliphatic rings. The van der Waals surface area contributed by atoms with Crippen molar-refractivity contribution in [3.05, 3.63) is 54.6 Å². The van der Waals surface area contributed by atoms with Crippen molar-refractivity contribution < 1.29 is 9.53 Å². The Morgan fingerprint density at radius 3 is 2.79 bits per heavy atom. The van der Waals surface area contributed by atoms with Gasteiger partial charge in [-0.05, 0) is 48.1 Å². The van der Waals surface area contributed by atoms with Crippen LogP contribution >= 0.6 is 11.8 Å². The number of pyridine rings is 1. The standard InChI is InChI=1S/C24H26N2O2S/c1-17-7-6-12-26(15-17)24(27)16-29-23-14-21(18-8-4-3-5-9-18)20-11-10-19(28-2)13-22(20)25-23/h3-5,8-11,13-14,17H,6-7,12,15-16H2,1-2H3/t17-/m0/s1. The topological polar surface area (TPSA) is 42.4 Å². The van der Waals surface area contributed by atoms with Gasteiger partial charge < -0.3 is 9.64 Å². The molecule has 1 fully saturated rings. The number of thioether (sulfide) groups is 1. The van der Waals surface area contributed by atoms with E-state index in [1.165, 1.54) is 18.2 Å². The van der Waals surface area contributed by atoms with Gasteiger partial charge in [0.1, 0.15) is 5.75 Å². The summed E-state index contributed by atoms with van der Waals surface area (Å²) in [6, 6.07) is 18.4. The number of methoxy groups -OCH3 is 1. The summed E-state index contributed by atoms with van der Waals surface area (Å²) in [6.07, 6.45) is 2.31. The summed E-state index contributed by atoms with van der Waals surface area (Å²) in [4.78, 5) is 19.5. The van der Waals surface area contributed by atoms with E-state index in [4.69, 9.17) is 9.72 Å². The molecule has 5 heteroatoms. The van der Waals surface area contributed by atoms with E-state index in [0.29, 0.717) is 11.7 Å². The van der Waals surface area contributed by atoms with Gasteiger partial charge >= 0.3 is 0 Å². The highest BCUT2D eigenvalue weighted by Gasteiger charge is 2.21. The minimum absolute atomic E-state index is 0.204. The fourth-order valence-electron chi connectivity index (χ4n) is 3.88. The van der Waals surface area contributed by atoms with E-state index in [-0.39, 0.29) is 5.91 Å². The zero-order valence-electron chi connectivity index (χ0n) is 16.9. The lowest BCUT2D eigenvalue weighted by Crippen LogP contribution is -2.40. The molecule has 150 valence electrons. The number of carbonyl (C=O) groups is 1. The summed E-state index contributed by atoms with van der Waals surface area (Å²) >= 11 is 1.52. The third-order valence-electron chi connectivity index (χ3n) is 5.43. The van der Waals surface area contributed by atoms with Gasteiger partial charge in [0.05, 0.1) is 23.4 Å². The lowest BCUT2D eigenvalue weighted by Gasteiger charge is -2.30. The van der Waals surface area contributed by atoms with E-state index >= 15 is 0 Å². The SMILES string of the molecule is COc1ccc2c(-c3ccccc3)cc(SCC(=O)N3CCC[C@H](C)C3)nc2c1. The van der Waals surface area contributed by atoms with E-state index in [1.807, 2.05) is 35.2 Å². The normalized spacial score (nSPS) is 16.8. The number of nitrogens with zero attached hydrogens (tertiary/aromatic N) is 2. The first-order valence-corrected chi connectivity index (χ1v) is 11.1. The number of hydrogen-bond donors (Lipinski definition) is 0. The summed E-state index contributed by atoms with van der Waals surface area (Å²) in [5, 5.41) is 1.94. The summed E-state index contributed by atoms with van der Waals surface area (Å²) in [5.41, 5.74) is 3.15. The molecule has 1 aromatic heterocycles. The maximum absolute atomic E-state index is 12.7. The Kier molecular flexibility index (Phi) is 6.05. The summed E-state index contributed by atoms with van der Waals surface area (Å²) < 4.78 is 5.39. The van der Waals surface area contributed by atoms with Crippen molar-refractivity contribution in [2.75, 3.05) is 26.0 Å². The maximum Gasteiger partial charge on any atom is 0.232 e. The van der Waals surface area contributed by atoms with E-state index in [9.17, 15) is 4.79 Å². The van der Waals surface area contributed by atoms with E-state index < -0.39 is 0 Å².